The van der Waals surface area contributed by atoms with Crippen LogP contribution >= 0.6 is 24.8 Å². The van der Waals surface area contributed by atoms with E-state index in [9.17, 15) is 0 Å². The van der Waals surface area contributed by atoms with Crippen molar-refractivity contribution in [3.05, 3.63) is 38.5 Å². The van der Waals surface area contributed by atoms with E-state index in [1.807, 2.05) is 0 Å². The summed E-state index contributed by atoms with van der Waals surface area (Å²) in [6.45, 7) is 3.74. The van der Waals surface area contributed by atoms with Gasteiger partial charge in [-0.1, -0.05) is 0 Å². The van der Waals surface area contributed by atoms with Crippen molar-refractivity contribution < 1.29 is 37.6 Å². The van der Waals surface area contributed by atoms with E-state index < -0.39 is 37.6 Å². The van der Waals surface area contributed by atoms with Crippen molar-refractivity contribution in [1.29, 1.82) is 0 Å². The molecule has 3 heteroatoms. The molecule has 1 rings (SSSR count). The molecule has 0 aliphatic carbocycles. The molecule has 0 amide bonds. The zero-order valence-corrected chi connectivity index (χ0v) is 10.8. The van der Waals surface area contributed by atoms with E-state index in [0.29, 0.717) is 0 Å². The van der Waals surface area contributed by atoms with E-state index in [-0.39, 0.29) is 24.8 Å². The Morgan fingerprint density at radius 1 is 1.09 bits per heavy atom. The fourth-order valence-corrected chi connectivity index (χ4v) is 2.60. The largest absolute Gasteiger partial charge is 0.147 e. The summed E-state index contributed by atoms with van der Waals surface area (Å²) in [6, 6.07) is 10.6. The van der Waals surface area contributed by atoms with E-state index in [1.54, 1.807) is 0 Å². The third-order valence-corrected chi connectivity index (χ3v) is 3.78. The van der Waals surface area contributed by atoms with Crippen LogP contribution in [-0.2, 0) is 0 Å². The number of hydrogen-bond acceptors (Lipinski definition) is 0. The third kappa shape index (κ3) is 6.11. The molecule has 0 spiro atoms. The zero-order chi connectivity index (χ0) is 6.53. The van der Waals surface area contributed by atoms with Crippen molar-refractivity contribution in [2.75, 3.05) is 0 Å². The fourth-order valence-electron chi connectivity index (χ4n) is 0.652. The van der Waals surface area contributed by atoms with Gasteiger partial charge in [0.15, 0.2) is 0 Å². The Hall–Kier alpha value is 0.917. The van der Waals surface area contributed by atoms with Gasteiger partial charge in [0, 0.05) is 0 Å². The molecule has 0 saturated heterocycles. The van der Waals surface area contributed by atoms with Gasteiger partial charge in [0.05, 0.1) is 0 Å². The standard InChI is InChI=1S/C6H5.C2H3.Ce.2ClH/c1-2-4-6-5-3-1;1-2;;;/h1-5H;1H,2H2;;2*1H. The molecule has 0 aliphatic rings. The maximum Gasteiger partial charge on any atom is -0.147 e. The van der Waals surface area contributed by atoms with Gasteiger partial charge in [-0.05, 0) is 0 Å². The summed E-state index contributed by atoms with van der Waals surface area (Å²) in [6.07, 6.45) is 0. The second-order valence-corrected chi connectivity index (χ2v) is 5.72. The van der Waals surface area contributed by atoms with Crippen LogP contribution in [0.3, 0.4) is 0 Å². The molecule has 0 atom stereocenters. The molecule has 0 fully saturated rings. The summed E-state index contributed by atoms with van der Waals surface area (Å²) in [5, 5.41) is 0. The molecule has 0 saturated carbocycles. The van der Waals surface area contributed by atoms with Crippen molar-refractivity contribution in [2.24, 2.45) is 0 Å². The first-order valence-electron chi connectivity index (χ1n) is 2.86. The van der Waals surface area contributed by atoms with E-state index >= 15 is 0 Å². The van der Waals surface area contributed by atoms with Gasteiger partial charge in [-0.3, -0.25) is 0 Å². The van der Waals surface area contributed by atoms with Gasteiger partial charge in [-0.2, -0.15) is 0 Å². The summed E-state index contributed by atoms with van der Waals surface area (Å²) in [5.41, 5.74) is 0. The minimum Gasteiger partial charge on any atom is -0.147 e. The molecule has 0 N–H and O–H groups in total. The van der Waals surface area contributed by atoms with Crippen LogP contribution in [0, 0.1) is 37.6 Å². The Balaban J connectivity index is 0. The predicted octanol–water partition coefficient (Wildman–Crippen LogP) is 2.38. The maximum atomic E-state index is 3.74. The second kappa shape index (κ2) is 9.01. The van der Waals surface area contributed by atoms with Crippen LogP contribution in [0.15, 0.2) is 38.5 Å². The Morgan fingerprint density at radius 2 is 1.64 bits per heavy atom. The maximum absolute atomic E-state index is 3.74. The Bertz CT molecular complexity index is 187. The number of halogens is 2. The summed E-state index contributed by atoms with van der Waals surface area (Å²) in [7, 11) is 0. The molecule has 0 aromatic heterocycles. The van der Waals surface area contributed by atoms with Crippen LogP contribution in [0.4, 0.5) is 0 Å². The Labute approximate surface area is 101 Å². The van der Waals surface area contributed by atoms with E-state index in [2.05, 4.69) is 38.5 Å². The normalized spacial score (nSPS) is 6.91. The van der Waals surface area contributed by atoms with Gasteiger partial charge in [0.1, 0.15) is 0 Å². The van der Waals surface area contributed by atoms with Gasteiger partial charge in [-0.25, -0.2) is 0 Å². The van der Waals surface area contributed by atoms with Gasteiger partial charge < -0.3 is 0 Å². The summed E-state index contributed by atoms with van der Waals surface area (Å²) < 4.78 is 3.63. The molecule has 1 aromatic rings. The van der Waals surface area contributed by atoms with Gasteiger partial charge in [-0.15, -0.1) is 24.8 Å². The molecule has 0 unspecified atom stereocenters. The number of benzene rings is 1. The van der Waals surface area contributed by atoms with Crippen LogP contribution in [0.1, 0.15) is 0 Å². The van der Waals surface area contributed by atoms with Crippen LogP contribution in [0.25, 0.3) is 0 Å². The first-order chi connectivity index (χ1) is 4.43. The number of hydrogen-bond donors (Lipinski definition) is 0. The predicted molar refractivity (Wildman–Crippen MR) is 50.8 cm³/mol. The summed E-state index contributed by atoms with van der Waals surface area (Å²) in [4.78, 5) is 0. The van der Waals surface area contributed by atoms with Crippen LogP contribution < -0.4 is 1.08 Å². The van der Waals surface area contributed by atoms with Crippen LogP contribution in [0.5, 0.6) is 0 Å². The Morgan fingerprint density at radius 3 is 2.09 bits per heavy atom. The van der Waals surface area contributed by atoms with Crippen LogP contribution in [-0.4, -0.2) is 0 Å². The smallest absolute Gasteiger partial charge is 0.147 e. The van der Waals surface area contributed by atoms with Crippen molar-refractivity contribution >= 4 is 25.9 Å². The van der Waals surface area contributed by atoms with Crippen molar-refractivity contribution in [3.8, 4) is 0 Å². The molecule has 0 bridgehead atoms. The minimum atomic E-state index is -0.581. The fraction of sp³-hybridized carbons (Fsp3) is 0. The van der Waals surface area contributed by atoms with Gasteiger partial charge >= 0.3 is 77.1 Å². The molecule has 0 heterocycles. The molecule has 0 aliphatic heterocycles. The van der Waals surface area contributed by atoms with Crippen molar-refractivity contribution in [3.63, 3.8) is 0 Å². The van der Waals surface area contributed by atoms with E-state index in [4.69, 9.17) is 0 Å². The second-order valence-electron chi connectivity index (χ2n) is 1.71. The first kappa shape index (κ1) is 14.4. The monoisotopic (exact) mass is 316 g/mol. The number of rotatable bonds is 2. The molecule has 1 aromatic carbocycles. The molecule has 0 radical (unpaired) electrons. The van der Waals surface area contributed by atoms with Crippen molar-refractivity contribution in [1.82, 2.24) is 0 Å². The van der Waals surface area contributed by atoms with E-state index in [1.165, 1.54) is 1.08 Å². The summed E-state index contributed by atoms with van der Waals surface area (Å²) in [5.74, 6) is 0. The first-order valence-corrected chi connectivity index (χ1v) is 6.24. The van der Waals surface area contributed by atoms with Gasteiger partial charge in [0.25, 0.3) is 0 Å². The Kier molecular flexibility index (Phi) is 11.8. The molecule has 60 valence electrons. The van der Waals surface area contributed by atoms with Gasteiger partial charge in [0.2, 0.25) is 0 Å². The summed E-state index contributed by atoms with van der Waals surface area (Å²) >= 11 is -0.581. The van der Waals surface area contributed by atoms with E-state index in [0.717, 1.165) is 0 Å². The molecular weight excluding hydrogens is 307 g/mol. The third-order valence-electron chi connectivity index (χ3n) is 1.04. The zero-order valence-electron chi connectivity index (χ0n) is 5.99. The molecular formula is C8H10CeCl2. The van der Waals surface area contributed by atoms with Crippen molar-refractivity contribution in [2.45, 2.75) is 0 Å². The average molecular weight is 317 g/mol. The SMILES string of the molecule is C=[CH][Ce][c]1ccccc1.Cl.Cl. The quantitative estimate of drug-likeness (QED) is 0.786. The minimum absolute atomic E-state index is 0. The molecule has 11 heavy (non-hydrogen) atoms. The molecule has 0 nitrogen and oxygen atoms in total. The van der Waals surface area contributed by atoms with Crippen LogP contribution in [0.2, 0.25) is 0 Å². The average Bonchev–Trinajstić information content (AvgIpc) is 1.91. The topological polar surface area (TPSA) is 0 Å².